The molecule has 1 aromatic heterocycles. The molecule has 1 heterocycles. The van der Waals surface area contributed by atoms with E-state index < -0.39 is 0 Å². The summed E-state index contributed by atoms with van der Waals surface area (Å²) in [6.07, 6.45) is 0. The summed E-state index contributed by atoms with van der Waals surface area (Å²) in [5, 5.41) is 10.3. The van der Waals surface area contributed by atoms with Gasteiger partial charge in [0.1, 0.15) is 0 Å². The first kappa shape index (κ1) is 24.7. The fourth-order valence-corrected chi connectivity index (χ4v) is 7.06. The van der Waals surface area contributed by atoms with Gasteiger partial charge in [0.15, 0.2) is 0 Å². The molecule has 2 nitrogen and oxygen atoms in total. The second kappa shape index (κ2) is 9.86. The molecule has 0 radical (unpaired) electrons. The smallest absolute Gasteiger partial charge is 0.0632 e. The Morgan fingerprint density at radius 3 is 1.57 bits per heavy atom. The van der Waals surface area contributed by atoms with Crippen LogP contribution < -0.4 is 4.90 Å². The molecule has 0 aliphatic carbocycles. The van der Waals surface area contributed by atoms with Gasteiger partial charge in [0, 0.05) is 41.8 Å². The summed E-state index contributed by atoms with van der Waals surface area (Å²) in [6.45, 7) is 0. The van der Waals surface area contributed by atoms with Crippen LogP contribution in [0.3, 0.4) is 0 Å². The van der Waals surface area contributed by atoms with Crippen LogP contribution in [-0.2, 0) is 0 Å². The van der Waals surface area contributed by atoms with E-state index in [9.17, 15) is 0 Å². The zero-order valence-corrected chi connectivity index (χ0v) is 24.1. The van der Waals surface area contributed by atoms with Crippen molar-refractivity contribution in [1.29, 1.82) is 0 Å². The van der Waals surface area contributed by atoms with E-state index in [1.54, 1.807) is 0 Å². The highest BCUT2D eigenvalue weighted by molar-refractivity contribution is 6.36. The summed E-state index contributed by atoms with van der Waals surface area (Å²) in [7, 11) is 0. The van der Waals surface area contributed by atoms with Crippen LogP contribution in [0.1, 0.15) is 2.85 Å². The van der Waals surface area contributed by atoms with E-state index in [2.05, 4.69) is 179 Å². The first-order valence-corrected chi connectivity index (χ1v) is 15.1. The highest BCUT2D eigenvalue weighted by Crippen LogP contribution is 2.45. The normalized spacial score (nSPS) is 11.6. The van der Waals surface area contributed by atoms with Gasteiger partial charge in [-0.05, 0) is 81.5 Å². The molecule has 0 amide bonds. The Morgan fingerprint density at radius 1 is 0.364 bits per heavy atom. The molecule has 0 N–H and O–H groups in total. The molecule has 0 aliphatic rings. The lowest BCUT2D eigenvalue weighted by atomic mass is 9.93. The predicted octanol–water partition coefficient (Wildman–Crippen LogP) is 12.2. The van der Waals surface area contributed by atoms with E-state index in [0.29, 0.717) is 0 Å². The summed E-state index contributed by atoms with van der Waals surface area (Å²) in [4.78, 5) is 2.31. The van der Waals surface area contributed by atoms with E-state index >= 15 is 0 Å². The minimum atomic E-state index is 0. The maximum atomic E-state index is 2.48. The topological polar surface area (TPSA) is 8.17 Å². The van der Waals surface area contributed by atoms with Crippen molar-refractivity contribution in [2.24, 2.45) is 0 Å². The van der Waals surface area contributed by atoms with E-state index in [-0.39, 0.29) is 2.85 Å². The Labute approximate surface area is 258 Å². The van der Waals surface area contributed by atoms with Crippen molar-refractivity contribution in [2.75, 3.05) is 4.90 Å². The number of para-hydroxylation sites is 3. The molecule has 0 aliphatic heterocycles. The summed E-state index contributed by atoms with van der Waals surface area (Å²) >= 11 is 0. The second-order valence-corrected chi connectivity index (χ2v) is 11.4. The van der Waals surface area contributed by atoms with Crippen LogP contribution in [0.2, 0.25) is 0 Å². The van der Waals surface area contributed by atoms with Gasteiger partial charge in [-0.25, -0.2) is 0 Å². The third-order valence-electron chi connectivity index (χ3n) is 8.92. The standard InChI is InChI=1S/C42H28N2.2H2/c1-3-14-30(15-4-1)43(31-16-5-2-6-17-31)32-24-26-33(27-25-32)44-39-22-12-11-21-38(39)41-36-20-10-9-19-35(36)37-28-23-29-13-7-8-18-34(29)40(37)42(41)44;;/h1-28H;2*1H. The van der Waals surface area contributed by atoms with Crippen LogP contribution in [0.25, 0.3) is 59.8 Å². The maximum Gasteiger partial charge on any atom is 0.0632 e. The van der Waals surface area contributed by atoms with Gasteiger partial charge in [-0.1, -0.05) is 115 Å². The van der Waals surface area contributed by atoms with Crippen LogP contribution in [-0.4, -0.2) is 4.57 Å². The summed E-state index contributed by atoms with van der Waals surface area (Å²) in [6, 6.07) is 61.3. The van der Waals surface area contributed by atoms with E-state index in [1.165, 1.54) is 54.1 Å². The average molecular weight is 565 g/mol. The largest absolute Gasteiger partial charge is 0.311 e. The fourth-order valence-electron chi connectivity index (χ4n) is 7.06. The van der Waals surface area contributed by atoms with E-state index in [1.807, 2.05) is 0 Å². The highest BCUT2D eigenvalue weighted by atomic mass is 15.1. The molecule has 210 valence electrons. The number of rotatable bonds is 4. The molecule has 2 heteroatoms. The first-order chi connectivity index (χ1) is 21.9. The number of fused-ring (bicyclic) bond motifs is 10. The quantitative estimate of drug-likeness (QED) is 0.193. The number of benzene rings is 8. The van der Waals surface area contributed by atoms with Gasteiger partial charge in [0.2, 0.25) is 0 Å². The lowest BCUT2D eigenvalue weighted by Gasteiger charge is -2.25. The molecule has 0 spiro atoms. The van der Waals surface area contributed by atoms with Crippen molar-refractivity contribution < 1.29 is 2.85 Å². The molecule has 0 saturated carbocycles. The van der Waals surface area contributed by atoms with Crippen LogP contribution in [0.4, 0.5) is 17.1 Å². The Balaban J connectivity index is 0.00000169. The van der Waals surface area contributed by atoms with Gasteiger partial charge in [0.25, 0.3) is 0 Å². The Morgan fingerprint density at radius 2 is 0.864 bits per heavy atom. The lowest BCUT2D eigenvalue weighted by molar-refractivity contribution is 1.18. The van der Waals surface area contributed by atoms with Gasteiger partial charge in [0.05, 0.1) is 11.0 Å². The predicted molar refractivity (Wildman–Crippen MR) is 192 cm³/mol. The third kappa shape index (κ3) is 3.68. The zero-order valence-electron chi connectivity index (χ0n) is 24.1. The summed E-state index contributed by atoms with van der Waals surface area (Å²) in [5.74, 6) is 0. The second-order valence-electron chi connectivity index (χ2n) is 11.4. The third-order valence-corrected chi connectivity index (χ3v) is 8.92. The van der Waals surface area contributed by atoms with Crippen molar-refractivity contribution in [2.45, 2.75) is 0 Å². The average Bonchev–Trinajstić information content (AvgIpc) is 3.45. The van der Waals surface area contributed by atoms with Crippen molar-refractivity contribution in [1.82, 2.24) is 4.57 Å². The number of nitrogens with zero attached hydrogens (tertiary/aromatic N) is 2. The zero-order chi connectivity index (χ0) is 29.0. The van der Waals surface area contributed by atoms with Gasteiger partial charge in [-0.2, -0.15) is 0 Å². The monoisotopic (exact) mass is 564 g/mol. The number of hydrogen-bond donors (Lipinski definition) is 0. The molecular formula is C42H32N2. The highest BCUT2D eigenvalue weighted by Gasteiger charge is 2.20. The lowest BCUT2D eigenvalue weighted by Crippen LogP contribution is -2.09. The van der Waals surface area contributed by atoms with Gasteiger partial charge in [-0.3, -0.25) is 0 Å². The molecule has 9 aromatic rings. The molecule has 0 saturated heterocycles. The summed E-state index contributed by atoms with van der Waals surface area (Å²) < 4.78 is 2.48. The Bertz CT molecular complexity index is 2450. The molecule has 0 unspecified atom stereocenters. The number of hydrogen-bond acceptors (Lipinski definition) is 1. The van der Waals surface area contributed by atoms with E-state index in [4.69, 9.17) is 0 Å². The minimum Gasteiger partial charge on any atom is -0.311 e. The van der Waals surface area contributed by atoms with Crippen LogP contribution in [0.15, 0.2) is 170 Å². The van der Waals surface area contributed by atoms with Crippen molar-refractivity contribution in [3.63, 3.8) is 0 Å². The van der Waals surface area contributed by atoms with Crippen LogP contribution in [0.5, 0.6) is 0 Å². The molecular weight excluding hydrogens is 532 g/mol. The molecule has 0 bridgehead atoms. The van der Waals surface area contributed by atoms with Crippen molar-refractivity contribution >= 4 is 71.2 Å². The molecule has 9 rings (SSSR count). The maximum absolute atomic E-state index is 2.48. The van der Waals surface area contributed by atoms with E-state index in [0.717, 1.165) is 22.7 Å². The van der Waals surface area contributed by atoms with Crippen LogP contribution >= 0.6 is 0 Å². The molecule has 44 heavy (non-hydrogen) atoms. The van der Waals surface area contributed by atoms with Crippen molar-refractivity contribution in [3.05, 3.63) is 170 Å². The molecule has 8 aromatic carbocycles. The number of anilines is 3. The molecule has 0 fully saturated rings. The van der Waals surface area contributed by atoms with Gasteiger partial charge in [-0.15, -0.1) is 0 Å². The Kier molecular flexibility index (Phi) is 5.54. The fraction of sp³-hybridized carbons (Fsp3) is 0. The first-order valence-electron chi connectivity index (χ1n) is 15.1. The van der Waals surface area contributed by atoms with Gasteiger partial charge < -0.3 is 9.47 Å². The van der Waals surface area contributed by atoms with Gasteiger partial charge >= 0.3 is 0 Å². The SMILES string of the molecule is [HH].[HH].c1ccc(N(c2ccccc2)c2ccc(-n3c4ccccc4c4c5ccccc5c5ccc6ccccc6c5c43)cc2)cc1. The molecule has 0 atom stereocenters. The Hall–Kier alpha value is -5.86. The summed E-state index contributed by atoms with van der Waals surface area (Å²) in [5.41, 5.74) is 6.99. The van der Waals surface area contributed by atoms with Crippen molar-refractivity contribution in [3.8, 4) is 5.69 Å². The minimum absolute atomic E-state index is 0. The number of aromatic nitrogens is 1. The van der Waals surface area contributed by atoms with Crippen LogP contribution in [0, 0.1) is 0 Å².